The number of hydrogen-bond donors (Lipinski definition) is 0. The Hall–Kier alpha value is 0.190. The molecular weight excluding hydrogens is 292 g/mol. The fourth-order valence-corrected chi connectivity index (χ4v) is 4.82. The first-order valence-corrected chi connectivity index (χ1v) is 10.1. The zero-order chi connectivity index (χ0) is 16.5. The van der Waals surface area contributed by atoms with Crippen LogP contribution in [0.1, 0.15) is 0 Å². The van der Waals surface area contributed by atoms with Gasteiger partial charge in [-0.2, -0.15) is 0 Å². The summed E-state index contributed by atoms with van der Waals surface area (Å²) in [6, 6.07) is 0. The number of nitrogens with zero attached hydrogens (tertiary/aromatic N) is 4. The Bertz CT molecular complexity index is 325. The third kappa shape index (κ3) is 5.38. The van der Waals surface area contributed by atoms with E-state index in [1.54, 1.807) is 0 Å². The quantitative estimate of drug-likeness (QED) is 0.529. The summed E-state index contributed by atoms with van der Waals surface area (Å²) < 4.78 is 4.99. The first-order valence-electron chi connectivity index (χ1n) is 8.92. The Kier molecular flexibility index (Phi) is 5.55. The van der Waals surface area contributed by atoms with Gasteiger partial charge in [0.15, 0.2) is 0 Å². The van der Waals surface area contributed by atoms with Crippen LogP contribution in [0, 0.1) is 0 Å². The molecule has 130 valence electrons. The van der Waals surface area contributed by atoms with Crippen LogP contribution in [-0.4, -0.2) is 131 Å². The van der Waals surface area contributed by atoms with Crippen LogP contribution < -0.4 is 0 Å². The van der Waals surface area contributed by atoms with Crippen LogP contribution in [0.4, 0.5) is 0 Å². The van der Waals surface area contributed by atoms with Gasteiger partial charge in [0.2, 0.25) is 0 Å². The van der Waals surface area contributed by atoms with E-state index in [0.717, 1.165) is 0 Å². The molecule has 0 radical (unpaired) electrons. The Morgan fingerprint density at radius 3 is 1.45 bits per heavy atom. The van der Waals surface area contributed by atoms with Crippen molar-refractivity contribution < 1.29 is 17.9 Å². The molecule has 4 nitrogen and oxygen atoms in total. The van der Waals surface area contributed by atoms with Gasteiger partial charge in [0.25, 0.3) is 0 Å². The summed E-state index contributed by atoms with van der Waals surface area (Å²) >= 11 is 2.20. The van der Waals surface area contributed by atoms with Crippen molar-refractivity contribution in [3.8, 4) is 0 Å². The highest BCUT2D eigenvalue weighted by Gasteiger charge is 2.36. The number of rotatable bonds is 5. The smallest absolute Gasteiger partial charge is 0.129 e. The summed E-state index contributed by atoms with van der Waals surface area (Å²) in [6.45, 7) is 12.1. The Morgan fingerprint density at radius 1 is 0.591 bits per heavy atom. The van der Waals surface area contributed by atoms with E-state index in [-0.39, 0.29) is 0 Å². The molecule has 0 atom stereocenters. The van der Waals surface area contributed by atoms with Crippen molar-refractivity contribution in [2.75, 3.05) is 113 Å². The molecule has 2 fully saturated rings. The lowest BCUT2D eigenvalue weighted by molar-refractivity contribution is -1.01. The predicted octanol–water partition coefficient (Wildman–Crippen LogP) is 0.750. The van der Waals surface area contributed by atoms with Gasteiger partial charge in [-0.3, -0.25) is 0 Å². The standard InChI is InChI=1S/C17H40N4S/c1-18(2)7-11-20(5,12-8-18)15-16-22-17-21(6)13-9-19(3,4)10-14-21/h7-17H2,1-6H3/q+4. The van der Waals surface area contributed by atoms with Gasteiger partial charge in [0.05, 0.1) is 48.8 Å². The first kappa shape index (κ1) is 18.5. The maximum Gasteiger partial charge on any atom is 0.129 e. The molecule has 22 heavy (non-hydrogen) atoms. The highest BCUT2D eigenvalue weighted by atomic mass is 32.2. The fraction of sp³-hybridized carbons (Fsp3) is 1.00. The topological polar surface area (TPSA) is 0 Å². The number of quaternary nitrogens is 4. The molecule has 0 saturated carbocycles. The van der Waals surface area contributed by atoms with Crippen LogP contribution in [0.25, 0.3) is 0 Å². The molecule has 2 aliphatic heterocycles. The zero-order valence-corrected chi connectivity index (χ0v) is 16.8. The van der Waals surface area contributed by atoms with Gasteiger partial charge in [0.1, 0.15) is 58.2 Å². The molecule has 0 bridgehead atoms. The van der Waals surface area contributed by atoms with Crippen LogP contribution in [0.15, 0.2) is 0 Å². The predicted molar refractivity (Wildman–Crippen MR) is 97.7 cm³/mol. The number of hydrogen-bond acceptors (Lipinski definition) is 1. The van der Waals surface area contributed by atoms with Crippen molar-refractivity contribution >= 4 is 11.8 Å². The second-order valence-electron chi connectivity index (χ2n) is 9.66. The van der Waals surface area contributed by atoms with E-state index >= 15 is 0 Å². The largest absolute Gasteiger partial charge is 0.319 e. The van der Waals surface area contributed by atoms with Crippen LogP contribution in [-0.2, 0) is 0 Å². The average Bonchev–Trinajstić information content (AvgIpc) is 2.43. The average molecular weight is 333 g/mol. The second kappa shape index (κ2) is 6.60. The molecule has 0 spiro atoms. The lowest BCUT2D eigenvalue weighted by Gasteiger charge is -2.45. The molecule has 2 heterocycles. The molecule has 0 N–H and O–H groups in total. The van der Waals surface area contributed by atoms with Crippen molar-refractivity contribution in [1.82, 2.24) is 0 Å². The van der Waals surface area contributed by atoms with Gasteiger partial charge in [0, 0.05) is 5.75 Å². The molecule has 0 aromatic carbocycles. The van der Waals surface area contributed by atoms with E-state index in [4.69, 9.17) is 0 Å². The number of piperazine rings is 2. The van der Waals surface area contributed by atoms with Crippen molar-refractivity contribution in [3.05, 3.63) is 0 Å². The molecule has 0 amide bonds. The number of likely N-dealkylation sites (N-methyl/N-ethyl adjacent to an activating group) is 4. The lowest BCUT2D eigenvalue weighted by atomic mass is 10.2. The van der Waals surface area contributed by atoms with Crippen molar-refractivity contribution in [2.24, 2.45) is 0 Å². The van der Waals surface area contributed by atoms with Gasteiger partial charge in [-0.1, -0.05) is 11.8 Å². The monoisotopic (exact) mass is 332 g/mol. The molecule has 0 aromatic rings. The van der Waals surface area contributed by atoms with Gasteiger partial charge in [-0.05, 0) is 0 Å². The molecule has 0 aliphatic carbocycles. The fourth-order valence-electron chi connectivity index (χ4n) is 3.42. The Balaban J connectivity index is 1.67. The Morgan fingerprint density at radius 2 is 1.00 bits per heavy atom. The normalized spacial score (nSPS) is 29.2. The molecule has 0 aromatic heterocycles. The minimum absolute atomic E-state index is 1.21. The summed E-state index contributed by atoms with van der Waals surface area (Å²) in [4.78, 5) is 0. The van der Waals surface area contributed by atoms with Crippen molar-refractivity contribution in [2.45, 2.75) is 0 Å². The molecule has 0 unspecified atom stereocenters. The third-order valence-corrected chi connectivity index (χ3v) is 7.44. The molecule has 2 rings (SSSR count). The van der Waals surface area contributed by atoms with E-state index in [1.165, 1.54) is 88.5 Å². The van der Waals surface area contributed by atoms with E-state index in [2.05, 4.69) is 54.0 Å². The summed E-state index contributed by atoms with van der Waals surface area (Å²) in [5, 5.41) is 0. The minimum Gasteiger partial charge on any atom is -0.319 e. The highest BCUT2D eigenvalue weighted by Crippen LogP contribution is 2.20. The van der Waals surface area contributed by atoms with Gasteiger partial charge in [-0.15, -0.1) is 0 Å². The van der Waals surface area contributed by atoms with Gasteiger partial charge >= 0.3 is 0 Å². The minimum atomic E-state index is 1.21. The summed E-state index contributed by atoms with van der Waals surface area (Å²) in [7, 11) is 14.4. The van der Waals surface area contributed by atoms with Crippen molar-refractivity contribution in [1.29, 1.82) is 0 Å². The van der Waals surface area contributed by atoms with E-state index in [9.17, 15) is 0 Å². The third-order valence-electron chi connectivity index (χ3n) is 6.16. The van der Waals surface area contributed by atoms with Crippen LogP contribution in [0.5, 0.6) is 0 Å². The molecule has 5 heteroatoms. The summed E-state index contributed by atoms with van der Waals surface area (Å²) in [5.74, 6) is 2.64. The summed E-state index contributed by atoms with van der Waals surface area (Å²) in [5.41, 5.74) is 0. The van der Waals surface area contributed by atoms with E-state index in [1.807, 2.05) is 0 Å². The van der Waals surface area contributed by atoms with E-state index in [0.29, 0.717) is 0 Å². The van der Waals surface area contributed by atoms with Gasteiger partial charge < -0.3 is 17.9 Å². The molecular formula is C17H40N4S+4. The second-order valence-corrected chi connectivity index (χ2v) is 10.7. The lowest BCUT2D eigenvalue weighted by Crippen LogP contribution is -2.63. The van der Waals surface area contributed by atoms with Crippen LogP contribution >= 0.6 is 11.8 Å². The van der Waals surface area contributed by atoms with Crippen LogP contribution in [0.2, 0.25) is 0 Å². The van der Waals surface area contributed by atoms with Crippen molar-refractivity contribution in [3.63, 3.8) is 0 Å². The highest BCUT2D eigenvalue weighted by molar-refractivity contribution is 7.99. The molecule has 2 aliphatic rings. The SMILES string of the molecule is C[N+]1(C)CC[N+](C)(CCSC[N+]2(C)CC[N+](C)(C)CC2)CC1. The zero-order valence-electron chi connectivity index (χ0n) is 16.0. The van der Waals surface area contributed by atoms with E-state index < -0.39 is 0 Å². The maximum absolute atomic E-state index is 2.47. The first-order chi connectivity index (χ1) is 10.0. The van der Waals surface area contributed by atoms with Gasteiger partial charge in [-0.25, -0.2) is 0 Å². The number of thioether (sulfide) groups is 1. The maximum atomic E-state index is 2.47. The Labute approximate surface area is 143 Å². The van der Waals surface area contributed by atoms with Crippen LogP contribution in [0.3, 0.4) is 0 Å². The molecule has 2 saturated heterocycles. The summed E-state index contributed by atoms with van der Waals surface area (Å²) in [6.07, 6.45) is 0.